The highest BCUT2D eigenvalue weighted by molar-refractivity contribution is 5.84. The number of hydrogen-bond acceptors (Lipinski definition) is 4. The summed E-state index contributed by atoms with van der Waals surface area (Å²) in [4.78, 5) is 24.0. The van der Waals surface area contributed by atoms with Gasteiger partial charge in [0.25, 0.3) is 5.69 Å². The van der Waals surface area contributed by atoms with E-state index in [4.69, 9.17) is 0 Å². The number of amides is 1. The van der Waals surface area contributed by atoms with Crippen LogP contribution in [-0.2, 0) is 4.79 Å². The number of nitro benzene ring substituents is 1. The molecule has 2 unspecified atom stereocenters. The van der Waals surface area contributed by atoms with E-state index in [9.17, 15) is 14.9 Å². The molecule has 1 aliphatic heterocycles. The normalized spacial score (nSPS) is 22.3. The maximum atomic E-state index is 12.1. The number of rotatable bonds is 5. The molecule has 6 nitrogen and oxygen atoms in total. The van der Waals surface area contributed by atoms with Gasteiger partial charge in [-0.05, 0) is 24.1 Å². The number of nitro groups is 1. The Bertz CT molecular complexity index is 501. The minimum absolute atomic E-state index is 0.0586. The zero-order valence-corrected chi connectivity index (χ0v) is 11.7. The van der Waals surface area contributed by atoms with Crippen LogP contribution in [0.5, 0.6) is 0 Å². The van der Waals surface area contributed by atoms with Crippen molar-refractivity contribution in [2.75, 3.05) is 7.05 Å². The van der Waals surface area contributed by atoms with Crippen LogP contribution in [0.25, 0.3) is 0 Å². The number of nitrogens with zero attached hydrogens (tertiary/aromatic N) is 2. The van der Waals surface area contributed by atoms with Gasteiger partial charge in [-0.3, -0.25) is 20.2 Å². The second kappa shape index (κ2) is 6.00. The van der Waals surface area contributed by atoms with Crippen molar-refractivity contribution in [1.29, 1.82) is 0 Å². The van der Waals surface area contributed by atoms with Crippen molar-refractivity contribution < 1.29 is 9.72 Å². The van der Waals surface area contributed by atoms with E-state index in [0.717, 1.165) is 24.8 Å². The van der Waals surface area contributed by atoms with Gasteiger partial charge in [-0.25, -0.2) is 0 Å². The molecule has 6 heteroatoms. The maximum Gasteiger partial charge on any atom is 0.269 e. The van der Waals surface area contributed by atoms with Crippen LogP contribution in [0.3, 0.4) is 0 Å². The fourth-order valence-electron chi connectivity index (χ4n) is 2.46. The van der Waals surface area contributed by atoms with Crippen molar-refractivity contribution >= 4 is 11.6 Å². The summed E-state index contributed by atoms with van der Waals surface area (Å²) >= 11 is 0. The Hall–Kier alpha value is -1.95. The van der Waals surface area contributed by atoms with Crippen molar-refractivity contribution in [3.05, 3.63) is 39.9 Å². The third-order valence-electron chi connectivity index (χ3n) is 3.66. The molecule has 1 aromatic rings. The van der Waals surface area contributed by atoms with Crippen LogP contribution in [-0.4, -0.2) is 28.8 Å². The molecule has 1 fully saturated rings. The van der Waals surface area contributed by atoms with Crippen LogP contribution in [0.4, 0.5) is 5.69 Å². The van der Waals surface area contributed by atoms with Crippen molar-refractivity contribution in [3.8, 4) is 0 Å². The van der Waals surface area contributed by atoms with E-state index in [2.05, 4.69) is 12.2 Å². The lowest BCUT2D eigenvalue weighted by atomic mass is 10.1. The monoisotopic (exact) mass is 277 g/mol. The molecule has 20 heavy (non-hydrogen) atoms. The summed E-state index contributed by atoms with van der Waals surface area (Å²) in [6.45, 7) is 2.09. The van der Waals surface area contributed by atoms with Crippen molar-refractivity contribution in [3.63, 3.8) is 0 Å². The number of unbranched alkanes of at least 4 members (excludes halogenated alkanes) is 1. The average Bonchev–Trinajstić information content (AvgIpc) is 2.73. The van der Waals surface area contributed by atoms with Gasteiger partial charge in [-0.2, -0.15) is 0 Å². The Kier molecular flexibility index (Phi) is 4.34. The summed E-state index contributed by atoms with van der Waals surface area (Å²) in [5.41, 5.74) is 0.925. The molecule has 1 amide bonds. The Morgan fingerprint density at radius 3 is 2.55 bits per heavy atom. The Morgan fingerprint density at radius 1 is 1.35 bits per heavy atom. The maximum absolute atomic E-state index is 12.1. The molecule has 0 bridgehead atoms. The number of benzene rings is 1. The Balaban J connectivity index is 2.12. The van der Waals surface area contributed by atoms with Crippen LogP contribution >= 0.6 is 0 Å². The molecule has 1 heterocycles. The molecule has 0 aromatic heterocycles. The van der Waals surface area contributed by atoms with Crippen LogP contribution < -0.4 is 5.32 Å². The lowest BCUT2D eigenvalue weighted by Crippen LogP contribution is -2.28. The molecule has 108 valence electrons. The largest absolute Gasteiger partial charge is 0.325 e. The lowest BCUT2D eigenvalue weighted by Gasteiger charge is -2.19. The second-order valence-corrected chi connectivity index (χ2v) is 5.06. The molecule has 0 radical (unpaired) electrons. The molecule has 1 aliphatic rings. The third kappa shape index (κ3) is 2.80. The zero-order chi connectivity index (χ0) is 14.7. The first-order chi connectivity index (χ1) is 9.54. The SMILES string of the molecule is CCCCC1NC(c2ccc([N+](=O)[O-])cc2)N(C)C1=O. The van der Waals surface area contributed by atoms with Crippen LogP contribution in [0.2, 0.25) is 0 Å². The molecule has 2 atom stereocenters. The van der Waals surface area contributed by atoms with E-state index < -0.39 is 4.92 Å². The lowest BCUT2D eigenvalue weighted by molar-refractivity contribution is -0.384. The Labute approximate surface area is 117 Å². The van der Waals surface area contributed by atoms with Crippen molar-refractivity contribution in [2.24, 2.45) is 0 Å². The molecule has 1 aromatic carbocycles. The predicted octanol–water partition coefficient (Wildman–Crippen LogP) is 2.21. The topological polar surface area (TPSA) is 75.5 Å². The highest BCUT2D eigenvalue weighted by atomic mass is 16.6. The standard InChI is InChI=1S/C14H19N3O3/c1-3-4-5-12-14(18)16(2)13(15-12)10-6-8-11(9-7-10)17(19)20/h6-9,12-13,15H,3-5H2,1-2H3. The first-order valence-corrected chi connectivity index (χ1v) is 6.81. The first kappa shape index (κ1) is 14.5. The highest BCUT2D eigenvalue weighted by Gasteiger charge is 2.36. The summed E-state index contributed by atoms with van der Waals surface area (Å²) in [7, 11) is 1.76. The molecule has 1 saturated heterocycles. The summed E-state index contributed by atoms with van der Waals surface area (Å²) in [5.74, 6) is 0.0850. The molecule has 1 N–H and O–H groups in total. The number of carbonyl (C=O) groups is 1. The number of likely N-dealkylation sites (N-methyl/N-ethyl adjacent to an activating group) is 1. The number of non-ortho nitro benzene ring substituents is 1. The van der Waals surface area contributed by atoms with Crippen molar-refractivity contribution in [1.82, 2.24) is 10.2 Å². The number of carbonyl (C=O) groups excluding carboxylic acids is 1. The van der Waals surface area contributed by atoms with Gasteiger partial charge >= 0.3 is 0 Å². The molecule has 2 rings (SSSR count). The number of nitrogens with one attached hydrogen (secondary N) is 1. The summed E-state index contributed by atoms with van der Waals surface area (Å²) in [6.07, 6.45) is 2.68. The van der Waals surface area contributed by atoms with Crippen molar-refractivity contribution in [2.45, 2.75) is 38.4 Å². The fourth-order valence-corrected chi connectivity index (χ4v) is 2.46. The van der Waals surface area contributed by atoms with E-state index in [1.165, 1.54) is 12.1 Å². The van der Waals surface area contributed by atoms with Crippen LogP contribution in [0.1, 0.15) is 37.9 Å². The van der Waals surface area contributed by atoms with E-state index in [-0.39, 0.29) is 23.8 Å². The molecule has 0 saturated carbocycles. The average molecular weight is 277 g/mol. The van der Waals surface area contributed by atoms with Gasteiger partial charge in [0.2, 0.25) is 5.91 Å². The van der Waals surface area contributed by atoms with E-state index in [0.29, 0.717) is 0 Å². The minimum Gasteiger partial charge on any atom is -0.325 e. The molecular weight excluding hydrogens is 258 g/mol. The highest BCUT2D eigenvalue weighted by Crippen LogP contribution is 2.26. The smallest absolute Gasteiger partial charge is 0.269 e. The van der Waals surface area contributed by atoms with E-state index in [1.54, 1.807) is 24.1 Å². The molecular formula is C14H19N3O3. The van der Waals surface area contributed by atoms with Crippen LogP contribution in [0, 0.1) is 10.1 Å². The van der Waals surface area contributed by atoms with Gasteiger partial charge < -0.3 is 4.90 Å². The van der Waals surface area contributed by atoms with Gasteiger partial charge in [0.15, 0.2) is 0 Å². The zero-order valence-electron chi connectivity index (χ0n) is 11.7. The minimum atomic E-state index is -0.426. The summed E-state index contributed by atoms with van der Waals surface area (Å²) in [6, 6.07) is 6.17. The number of hydrogen-bond donors (Lipinski definition) is 1. The molecule has 0 aliphatic carbocycles. The quantitative estimate of drug-likeness (QED) is 0.661. The van der Waals surface area contributed by atoms with Gasteiger partial charge in [0.1, 0.15) is 6.17 Å². The van der Waals surface area contributed by atoms with Gasteiger partial charge in [-0.15, -0.1) is 0 Å². The van der Waals surface area contributed by atoms with Gasteiger partial charge in [0, 0.05) is 19.2 Å². The predicted molar refractivity (Wildman–Crippen MR) is 75.1 cm³/mol. The third-order valence-corrected chi connectivity index (χ3v) is 3.66. The summed E-state index contributed by atoms with van der Waals surface area (Å²) < 4.78 is 0. The van der Waals surface area contributed by atoms with E-state index >= 15 is 0 Å². The van der Waals surface area contributed by atoms with Gasteiger partial charge in [0.05, 0.1) is 11.0 Å². The van der Waals surface area contributed by atoms with E-state index in [1.807, 2.05) is 0 Å². The van der Waals surface area contributed by atoms with Crippen LogP contribution in [0.15, 0.2) is 24.3 Å². The second-order valence-electron chi connectivity index (χ2n) is 5.06. The molecule has 0 spiro atoms. The van der Waals surface area contributed by atoms with Gasteiger partial charge in [-0.1, -0.05) is 19.8 Å². The Morgan fingerprint density at radius 2 is 2.00 bits per heavy atom. The summed E-state index contributed by atoms with van der Waals surface area (Å²) in [5, 5.41) is 13.9. The first-order valence-electron chi connectivity index (χ1n) is 6.81. The fraction of sp³-hybridized carbons (Fsp3) is 0.500.